The largest absolute Gasteiger partial charge is 0.405 e. The molecule has 2 bridgehead atoms. The summed E-state index contributed by atoms with van der Waals surface area (Å²) in [4.78, 5) is 50.8. The summed E-state index contributed by atoms with van der Waals surface area (Å²) in [5, 5.41) is 4.45. The summed E-state index contributed by atoms with van der Waals surface area (Å²) in [5.41, 5.74) is 0.698. The van der Waals surface area contributed by atoms with Crippen molar-refractivity contribution in [3.8, 4) is 0 Å². The van der Waals surface area contributed by atoms with Gasteiger partial charge in [0.1, 0.15) is 18.1 Å². The highest BCUT2D eigenvalue weighted by atomic mass is 19.4. The zero-order valence-electron chi connectivity index (χ0n) is 18.4. The molecule has 1 saturated heterocycles. The van der Waals surface area contributed by atoms with E-state index >= 15 is 0 Å². The van der Waals surface area contributed by atoms with Gasteiger partial charge in [0, 0.05) is 38.9 Å². The van der Waals surface area contributed by atoms with E-state index in [9.17, 15) is 27.6 Å². The van der Waals surface area contributed by atoms with Crippen molar-refractivity contribution < 1.29 is 27.6 Å². The number of rotatable bonds is 4. The Morgan fingerprint density at radius 1 is 1.21 bits per heavy atom. The van der Waals surface area contributed by atoms with Gasteiger partial charge in [-0.2, -0.15) is 13.2 Å². The maximum atomic E-state index is 13.2. The molecule has 180 valence electrons. The Bertz CT molecular complexity index is 1140. The predicted octanol–water partition coefficient (Wildman–Crippen LogP) is 2.10. The van der Waals surface area contributed by atoms with Crippen molar-refractivity contribution in [2.45, 2.75) is 18.6 Å². The quantitative estimate of drug-likeness (QED) is 0.698. The molecule has 2 aliphatic rings. The Balaban J connectivity index is 1.60. The lowest BCUT2D eigenvalue weighted by Gasteiger charge is -2.35. The van der Waals surface area contributed by atoms with Gasteiger partial charge in [-0.3, -0.25) is 19.8 Å². The van der Waals surface area contributed by atoms with Crippen molar-refractivity contribution in [1.82, 2.24) is 20.2 Å². The van der Waals surface area contributed by atoms with Gasteiger partial charge < -0.3 is 15.1 Å². The van der Waals surface area contributed by atoms with Crippen LogP contribution in [0.5, 0.6) is 0 Å². The molecular formula is C21H22F3N7O3. The van der Waals surface area contributed by atoms with Crippen molar-refractivity contribution in [3.05, 3.63) is 41.7 Å². The van der Waals surface area contributed by atoms with E-state index in [1.807, 2.05) is 4.90 Å². The number of hydrogen-bond donors (Lipinski definition) is 2. The number of nitrogens with one attached hydrogen (secondary N) is 2. The third-order valence-corrected chi connectivity index (χ3v) is 5.50. The molecule has 2 aromatic heterocycles. The Labute approximate surface area is 192 Å². The lowest BCUT2D eigenvalue weighted by Crippen LogP contribution is -2.48. The van der Waals surface area contributed by atoms with Crippen molar-refractivity contribution in [2.75, 3.05) is 48.8 Å². The van der Waals surface area contributed by atoms with Gasteiger partial charge in [-0.15, -0.1) is 0 Å². The number of pyridine rings is 2. The van der Waals surface area contributed by atoms with Crippen LogP contribution < -0.4 is 20.4 Å². The average molecular weight is 477 g/mol. The molecule has 0 radical (unpaired) electrons. The summed E-state index contributed by atoms with van der Waals surface area (Å²) in [7, 11) is 3.21. The van der Waals surface area contributed by atoms with E-state index in [0.29, 0.717) is 30.8 Å². The first-order chi connectivity index (χ1) is 16.0. The second kappa shape index (κ2) is 8.80. The first-order valence-electron chi connectivity index (χ1n) is 10.4. The number of carbonyl (C=O) groups is 3. The number of alkyl halides is 3. The Hall–Kier alpha value is -3.90. The lowest BCUT2D eigenvalue weighted by atomic mass is 10.1. The molecule has 34 heavy (non-hydrogen) atoms. The number of urea groups is 1. The molecule has 1 unspecified atom stereocenters. The third kappa shape index (κ3) is 4.72. The van der Waals surface area contributed by atoms with Crippen LogP contribution >= 0.6 is 0 Å². The van der Waals surface area contributed by atoms with Gasteiger partial charge in [0.15, 0.2) is 5.82 Å². The van der Waals surface area contributed by atoms with Gasteiger partial charge in [0.25, 0.3) is 11.8 Å². The molecule has 0 aromatic carbocycles. The van der Waals surface area contributed by atoms with Crippen LogP contribution in [0.2, 0.25) is 0 Å². The van der Waals surface area contributed by atoms with Crippen molar-refractivity contribution in [2.24, 2.45) is 0 Å². The predicted molar refractivity (Wildman–Crippen MR) is 117 cm³/mol. The number of anilines is 3. The minimum absolute atomic E-state index is 0.152. The number of carbonyl (C=O) groups excluding carboxylic acids is 3. The molecule has 4 amide bonds. The van der Waals surface area contributed by atoms with Crippen LogP contribution in [0.15, 0.2) is 30.5 Å². The van der Waals surface area contributed by atoms with E-state index in [2.05, 4.69) is 15.3 Å². The van der Waals surface area contributed by atoms with Gasteiger partial charge >= 0.3 is 12.2 Å². The van der Waals surface area contributed by atoms with E-state index in [1.165, 1.54) is 34.2 Å². The smallest absolute Gasteiger partial charge is 0.366 e. The average Bonchev–Trinajstić information content (AvgIpc) is 3.20. The molecule has 0 aliphatic carbocycles. The van der Waals surface area contributed by atoms with Crippen LogP contribution in [0.4, 0.5) is 35.3 Å². The van der Waals surface area contributed by atoms with Crippen LogP contribution in [0.25, 0.3) is 0 Å². The van der Waals surface area contributed by atoms with Crippen LogP contribution in [0.1, 0.15) is 27.3 Å². The molecule has 0 spiro atoms. The molecule has 2 aromatic rings. The first-order valence-corrected chi connectivity index (χ1v) is 10.4. The van der Waals surface area contributed by atoms with Crippen LogP contribution in [-0.4, -0.2) is 78.7 Å². The molecule has 1 atom stereocenters. The highest BCUT2D eigenvalue weighted by Gasteiger charge is 2.41. The zero-order valence-corrected chi connectivity index (χ0v) is 18.4. The minimum atomic E-state index is -4.56. The summed E-state index contributed by atoms with van der Waals surface area (Å²) < 4.78 is 37.4. The van der Waals surface area contributed by atoms with Crippen molar-refractivity contribution in [3.63, 3.8) is 0 Å². The Morgan fingerprint density at radius 2 is 1.97 bits per heavy atom. The Morgan fingerprint density at radius 3 is 2.68 bits per heavy atom. The second-order valence-corrected chi connectivity index (χ2v) is 8.16. The Kier molecular flexibility index (Phi) is 6.02. The third-order valence-electron chi connectivity index (χ3n) is 5.50. The van der Waals surface area contributed by atoms with Crippen molar-refractivity contribution in [1.29, 1.82) is 0 Å². The summed E-state index contributed by atoms with van der Waals surface area (Å²) >= 11 is 0. The molecular weight excluding hydrogens is 455 g/mol. The van der Waals surface area contributed by atoms with Crippen molar-refractivity contribution >= 4 is 35.2 Å². The molecule has 2 N–H and O–H groups in total. The molecule has 10 nitrogen and oxygen atoms in total. The van der Waals surface area contributed by atoms with Gasteiger partial charge in [-0.05, 0) is 30.7 Å². The van der Waals surface area contributed by atoms with Crippen LogP contribution in [0, 0.1) is 0 Å². The molecule has 4 heterocycles. The molecule has 2 aliphatic heterocycles. The first kappa shape index (κ1) is 23.3. The van der Waals surface area contributed by atoms with E-state index in [-0.39, 0.29) is 29.3 Å². The lowest BCUT2D eigenvalue weighted by molar-refractivity contribution is -0.123. The SMILES string of the molecule is CN(C)C(=O)c1ccnc(NC(=O)N2c3nc(C(=O)NCC(F)(F)F)ccc3N3CCC2C3)c1. The number of halogens is 3. The van der Waals surface area contributed by atoms with Gasteiger partial charge in [-0.1, -0.05) is 0 Å². The summed E-state index contributed by atoms with van der Waals surface area (Å²) in [5.74, 6) is -0.931. The fraction of sp³-hybridized carbons (Fsp3) is 0.381. The zero-order chi connectivity index (χ0) is 24.6. The summed E-state index contributed by atoms with van der Waals surface area (Å²) in [6.07, 6.45) is -2.52. The standard InChI is InChI=1S/C21H22F3N7O3/c1-29(2)19(33)12-5-7-25-16(9-12)28-20(34)31-13-6-8-30(10-13)15-4-3-14(27-17(15)31)18(32)26-11-21(22,23)24/h3-5,7,9,13H,6,8,10-11H2,1-2H3,(H,26,32)(H,25,28,34). The number of amides is 4. The topological polar surface area (TPSA) is 111 Å². The fourth-order valence-electron chi connectivity index (χ4n) is 3.93. The van der Waals surface area contributed by atoms with E-state index < -0.39 is 24.7 Å². The van der Waals surface area contributed by atoms with Gasteiger partial charge in [0.05, 0.1) is 11.7 Å². The van der Waals surface area contributed by atoms with E-state index in [0.717, 1.165) is 0 Å². The number of aromatic nitrogens is 2. The highest BCUT2D eigenvalue weighted by Crippen LogP contribution is 2.39. The molecule has 13 heteroatoms. The minimum Gasteiger partial charge on any atom is -0.366 e. The van der Waals surface area contributed by atoms with Crippen LogP contribution in [-0.2, 0) is 0 Å². The molecule has 0 saturated carbocycles. The van der Waals surface area contributed by atoms with Gasteiger partial charge in [-0.25, -0.2) is 14.8 Å². The maximum Gasteiger partial charge on any atom is 0.405 e. The maximum absolute atomic E-state index is 13.2. The van der Waals surface area contributed by atoms with E-state index in [1.54, 1.807) is 25.5 Å². The second-order valence-electron chi connectivity index (χ2n) is 8.16. The molecule has 1 fully saturated rings. The number of hydrogen-bond acceptors (Lipinski definition) is 6. The summed E-state index contributed by atoms with van der Waals surface area (Å²) in [6, 6.07) is 5.05. The highest BCUT2D eigenvalue weighted by molar-refractivity contribution is 6.05. The normalized spacial score (nSPS) is 16.7. The number of fused-ring (bicyclic) bond motifs is 4. The van der Waals surface area contributed by atoms with Crippen LogP contribution in [0.3, 0.4) is 0 Å². The molecule has 4 rings (SSSR count). The monoisotopic (exact) mass is 477 g/mol. The van der Waals surface area contributed by atoms with Gasteiger partial charge in [0.2, 0.25) is 0 Å². The summed E-state index contributed by atoms with van der Waals surface area (Å²) in [6.45, 7) is -0.278. The van der Waals surface area contributed by atoms with E-state index in [4.69, 9.17) is 0 Å². The fourth-order valence-corrected chi connectivity index (χ4v) is 3.93. The number of nitrogens with zero attached hydrogens (tertiary/aromatic N) is 5.